The monoisotopic (exact) mass is 250 g/mol. The Labute approximate surface area is 103 Å². The summed E-state index contributed by atoms with van der Waals surface area (Å²) >= 11 is 4.07. The van der Waals surface area contributed by atoms with Gasteiger partial charge in [-0.15, -0.1) is 0 Å². The maximum absolute atomic E-state index is 11.9. The highest BCUT2D eigenvalue weighted by Crippen LogP contribution is 2.26. The number of nitrogens with zero attached hydrogens (tertiary/aromatic N) is 1. The molecule has 1 aromatic rings. The van der Waals surface area contributed by atoms with E-state index in [1.54, 1.807) is 24.3 Å². The molecule has 1 atom stereocenters. The predicted octanol–water partition coefficient (Wildman–Crippen LogP) is 0.414. The molecule has 1 aliphatic rings. The van der Waals surface area contributed by atoms with Crippen molar-refractivity contribution in [1.29, 1.82) is 0 Å². The number of amides is 3. The zero-order valence-corrected chi connectivity index (χ0v) is 9.68. The van der Waals surface area contributed by atoms with Gasteiger partial charge in [0.2, 0.25) is 5.91 Å². The van der Waals surface area contributed by atoms with Crippen LogP contribution in [0.25, 0.3) is 0 Å². The molecule has 88 valence electrons. The SMILES string of the molecule is NC(=O)CC(S)N1C(=O)c2ccccc2C1=O. The number of nitrogens with two attached hydrogens (primary N) is 1. The average Bonchev–Trinajstić information content (AvgIpc) is 2.51. The van der Waals surface area contributed by atoms with E-state index in [1.165, 1.54) is 0 Å². The van der Waals surface area contributed by atoms with Gasteiger partial charge in [0.1, 0.15) is 0 Å². The van der Waals surface area contributed by atoms with Gasteiger partial charge in [-0.3, -0.25) is 19.3 Å². The van der Waals surface area contributed by atoms with Crippen molar-refractivity contribution in [2.24, 2.45) is 5.73 Å². The smallest absolute Gasteiger partial charge is 0.262 e. The molecule has 0 spiro atoms. The van der Waals surface area contributed by atoms with Crippen LogP contribution in [0, 0.1) is 0 Å². The molecule has 1 aliphatic heterocycles. The topological polar surface area (TPSA) is 80.5 Å². The summed E-state index contributed by atoms with van der Waals surface area (Å²) in [6.45, 7) is 0. The number of hydrogen-bond acceptors (Lipinski definition) is 4. The van der Waals surface area contributed by atoms with Crippen LogP contribution in [0.3, 0.4) is 0 Å². The second-order valence-corrected chi connectivity index (χ2v) is 4.27. The Morgan fingerprint density at radius 1 is 1.24 bits per heavy atom. The molecule has 2 N–H and O–H groups in total. The van der Waals surface area contributed by atoms with Crippen molar-refractivity contribution < 1.29 is 14.4 Å². The second kappa shape index (κ2) is 4.21. The highest BCUT2D eigenvalue weighted by atomic mass is 32.1. The highest BCUT2D eigenvalue weighted by molar-refractivity contribution is 7.81. The van der Waals surface area contributed by atoms with E-state index in [2.05, 4.69) is 12.6 Å². The summed E-state index contributed by atoms with van der Waals surface area (Å²) in [5.74, 6) is -1.49. The van der Waals surface area contributed by atoms with Gasteiger partial charge in [-0.05, 0) is 12.1 Å². The van der Waals surface area contributed by atoms with Gasteiger partial charge >= 0.3 is 0 Å². The van der Waals surface area contributed by atoms with Crippen LogP contribution in [-0.4, -0.2) is 28.0 Å². The zero-order valence-electron chi connectivity index (χ0n) is 8.79. The fourth-order valence-corrected chi connectivity index (χ4v) is 2.14. The molecule has 17 heavy (non-hydrogen) atoms. The van der Waals surface area contributed by atoms with Crippen LogP contribution in [0.1, 0.15) is 27.1 Å². The lowest BCUT2D eigenvalue weighted by atomic mass is 10.1. The molecule has 0 saturated carbocycles. The number of imide groups is 1. The van der Waals surface area contributed by atoms with Crippen molar-refractivity contribution in [1.82, 2.24) is 4.90 Å². The number of carbonyl (C=O) groups is 3. The van der Waals surface area contributed by atoms with E-state index >= 15 is 0 Å². The molecule has 6 heteroatoms. The maximum Gasteiger partial charge on any atom is 0.262 e. The number of hydrogen-bond donors (Lipinski definition) is 2. The standard InChI is InChI=1S/C11H10N2O3S/c12-8(14)5-9(17)13-10(15)6-3-1-2-4-7(6)11(13)16/h1-4,9,17H,5H2,(H2,12,14). The van der Waals surface area contributed by atoms with Gasteiger partial charge in [-0.25, -0.2) is 0 Å². The van der Waals surface area contributed by atoms with E-state index in [9.17, 15) is 14.4 Å². The quantitative estimate of drug-likeness (QED) is 0.602. The largest absolute Gasteiger partial charge is 0.370 e. The lowest BCUT2D eigenvalue weighted by Gasteiger charge is -2.20. The Balaban J connectivity index is 2.33. The minimum atomic E-state index is -0.820. The van der Waals surface area contributed by atoms with Crippen molar-refractivity contribution in [3.8, 4) is 0 Å². The lowest BCUT2D eigenvalue weighted by Crippen LogP contribution is -2.38. The number of thiol groups is 1. The first-order valence-electron chi connectivity index (χ1n) is 4.95. The maximum atomic E-state index is 11.9. The lowest BCUT2D eigenvalue weighted by molar-refractivity contribution is -0.118. The van der Waals surface area contributed by atoms with E-state index in [-0.39, 0.29) is 6.42 Å². The van der Waals surface area contributed by atoms with E-state index < -0.39 is 23.1 Å². The summed E-state index contributed by atoms with van der Waals surface area (Å²) in [7, 11) is 0. The predicted molar refractivity (Wildman–Crippen MR) is 63.5 cm³/mol. The molecular formula is C11H10N2O3S. The summed E-state index contributed by atoms with van der Waals surface area (Å²) in [6, 6.07) is 6.49. The normalized spacial score (nSPS) is 15.9. The summed E-state index contributed by atoms with van der Waals surface area (Å²) < 4.78 is 0. The molecule has 5 nitrogen and oxygen atoms in total. The van der Waals surface area contributed by atoms with Crippen LogP contribution in [0.4, 0.5) is 0 Å². The summed E-state index contributed by atoms with van der Waals surface area (Å²) in [5.41, 5.74) is 5.69. The van der Waals surface area contributed by atoms with Crippen LogP contribution >= 0.6 is 12.6 Å². The van der Waals surface area contributed by atoms with Crippen molar-refractivity contribution in [3.05, 3.63) is 35.4 Å². The van der Waals surface area contributed by atoms with E-state index in [0.717, 1.165) is 4.90 Å². The molecule has 0 aromatic heterocycles. The molecule has 2 rings (SSSR count). The van der Waals surface area contributed by atoms with Gasteiger partial charge in [0, 0.05) is 0 Å². The fourth-order valence-electron chi connectivity index (χ4n) is 1.75. The number of rotatable bonds is 3. The highest BCUT2D eigenvalue weighted by Gasteiger charge is 2.38. The van der Waals surface area contributed by atoms with Gasteiger partial charge in [-0.1, -0.05) is 12.1 Å². The van der Waals surface area contributed by atoms with Crippen molar-refractivity contribution >= 4 is 30.4 Å². The second-order valence-electron chi connectivity index (χ2n) is 3.68. The van der Waals surface area contributed by atoms with Gasteiger partial charge in [0.25, 0.3) is 11.8 Å². The first-order chi connectivity index (χ1) is 8.02. The van der Waals surface area contributed by atoms with E-state index in [1.807, 2.05) is 0 Å². The summed E-state index contributed by atoms with van der Waals surface area (Å²) in [5, 5.41) is -0.820. The number of carbonyl (C=O) groups excluding carboxylic acids is 3. The van der Waals surface area contributed by atoms with Crippen LogP contribution in [-0.2, 0) is 4.79 Å². The number of primary amides is 1. The third-order valence-corrected chi connectivity index (χ3v) is 2.92. The molecule has 1 heterocycles. The van der Waals surface area contributed by atoms with Gasteiger partial charge in [-0.2, -0.15) is 12.6 Å². The first kappa shape index (κ1) is 11.7. The summed E-state index contributed by atoms with van der Waals surface area (Å²) in [6.07, 6.45) is -0.158. The Morgan fingerprint density at radius 3 is 2.12 bits per heavy atom. The Hall–Kier alpha value is -1.82. The first-order valence-corrected chi connectivity index (χ1v) is 5.47. The molecule has 1 aromatic carbocycles. The molecule has 1 unspecified atom stereocenters. The van der Waals surface area contributed by atoms with Gasteiger partial charge in [0.05, 0.1) is 22.9 Å². The van der Waals surface area contributed by atoms with Crippen LogP contribution in [0.15, 0.2) is 24.3 Å². The molecule has 0 bridgehead atoms. The van der Waals surface area contributed by atoms with Crippen molar-refractivity contribution in [2.75, 3.05) is 0 Å². The Kier molecular flexibility index (Phi) is 2.89. The third kappa shape index (κ3) is 1.91. The van der Waals surface area contributed by atoms with Gasteiger partial charge in [0.15, 0.2) is 0 Å². The third-order valence-electron chi connectivity index (χ3n) is 2.51. The molecule has 0 aliphatic carbocycles. The molecule has 0 saturated heterocycles. The van der Waals surface area contributed by atoms with Crippen LogP contribution < -0.4 is 5.73 Å². The fraction of sp³-hybridized carbons (Fsp3) is 0.182. The zero-order chi connectivity index (χ0) is 12.6. The van der Waals surface area contributed by atoms with E-state index in [4.69, 9.17) is 5.73 Å². The van der Waals surface area contributed by atoms with Gasteiger partial charge < -0.3 is 5.73 Å². The number of fused-ring (bicyclic) bond motifs is 1. The average molecular weight is 250 g/mol. The van der Waals surface area contributed by atoms with E-state index in [0.29, 0.717) is 11.1 Å². The summed E-state index contributed by atoms with van der Waals surface area (Å²) in [4.78, 5) is 35.6. The Morgan fingerprint density at radius 2 is 1.71 bits per heavy atom. The van der Waals surface area contributed by atoms with Crippen LogP contribution in [0.2, 0.25) is 0 Å². The molecule has 0 fully saturated rings. The molecule has 0 radical (unpaired) electrons. The minimum absolute atomic E-state index is 0.158. The molecule has 3 amide bonds. The number of benzene rings is 1. The van der Waals surface area contributed by atoms with Crippen molar-refractivity contribution in [2.45, 2.75) is 11.8 Å². The Bertz CT molecular complexity index is 480. The minimum Gasteiger partial charge on any atom is -0.370 e. The molecular weight excluding hydrogens is 240 g/mol. The van der Waals surface area contributed by atoms with Crippen LogP contribution in [0.5, 0.6) is 0 Å². The van der Waals surface area contributed by atoms with Crippen molar-refractivity contribution in [3.63, 3.8) is 0 Å².